The Labute approximate surface area is 140 Å². The highest BCUT2D eigenvalue weighted by Gasteiger charge is 2.11. The van der Waals surface area contributed by atoms with Crippen molar-refractivity contribution in [3.63, 3.8) is 0 Å². The molecule has 0 aliphatic carbocycles. The Kier molecular flexibility index (Phi) is 4.29. The number of rotatable bonds is 4. The largest absolute Gasteiger partial charge is 0.495 e. The number of para-hydroxylation sites is 2. The van der Waals surface area contributed by atoms with Crippen LogP contribution in [-0.2, 0) is 0 Å². The van der Waals surface area contributed by atoms with Gasteiger partial charge in [0, 0.05) is 11.9 Å². The lowest BCUT2D eigenvalue weighted by atomic mass is 10.2. The Morgan fingerprint density at radius 2 is 1.96 bits per heavy atom. The summed E-state index contributed by atoms with van der Waals surface area (Å²) in [7, 11) is 1.57. The first-order chi connectivity index (χ1) is 11.6. The number of methoxy groups -OCH3 is 1. The fraction of sp³-hybridized carbons (Fsp3) is 0.167. The van der Waals surface area contributed by atoms with E-state index in [2.05, 4.69) is 15.4 Å². The maximum Gasteiger partial charge on any atom is 0.257 e. The number of hydrogen-bond acceptors (Lipinski definition) is 4. The average molecular weight is 322 g/mol. The molecule has 2 heterocycles. The molecule has 0 aliphatic rings. The van der Waals surface area contributed by atoms with Gasteiger partial charge in [-0.3, -0.25) is 4.79 Å². The molecular formula is C18H18N4O2. The Bertz CT molecular complexity index is 869. The van der Waals surface area contributed by atoms with E-state index in [-0.39, 0.29) is 5.91 Å². The number of carbonyl (C=O) groups is 1. The zero-order chi connectivity index (χ0) is 17.1. The maximum absolute atomic E-state index is 12.4. The van der Waals surface area contributed by atoms with Crippen LogP contribution < -0.4 is 10.1 Å². The first-order valence-electron chi connectivity index (χ1n) is 7.52. The van der Waals surface area contributed by atoms with Crippen molar-refractivity contribution in [2.45, 2.75) is 13.8 Å². The fourth-order valence-electron chi connectivity index (χ4n) is 2.45. The molecule has 1 amide bonds. The molecule has 0 unspecified atom stereocenters. The molecule has 0 atom stereocenters. The molecule has 3 aromatic rings. The summed E-state index contributed by atoms with van der Waals surface area (Å²) in [5.74, 6) is 1.04. The van der Waals surface area contributed by atoms with Crippen molar-refractivity contribution >= 4 is 11.6 Å². The summed E-state index contributed by atoms with van der Waals surface area (Å²) in [5, 5.41) is 7.21. The standard InChI is InChI=1S/C18H18N4O2/c1-12-10-13(2)22(21-12)17-9-8-14(11-19-17)18(23)20-15-6-4-5-7-16(15)24-3/h4-11H,1-3H3,(H,20,23). The normalized spacial score (nSPS) is 10.5. The molecule has 0 saturated carbocycles. The van der Waals surface area contributed by atoms with E-state index in [1.165, 1.54) is 6.20 Å². The highest BCUT2D eigenvalue weighted by Crippen LogP contribution is 2.23. The minimum atomic E-state index is -0.244. The van der Waals surface area contributed by atoms with Crippen molar-refractivity contribution < 1.29 is 9.53 Å². The number of nitrogens with one attached hydrogen (secondary N) is 1. The molecular weight excluding hydrogens is 304 g/mol. The number of amides is 1. The zero-order valence-electron chi connectivity index (χ0n) is 13.8. The van der Waals surface area contributed by atoms with Gasteiger partial charge in [0.2, 0.25) is 0 Å². The highest BCUT2D eigenvalue weighted by molar-refractivity contribution is 6.04. The maximum atomic E-state index is 12.4. The van der Waals surface area contributed by atoms with E-state index in [0.717, 1.165) is 11.4 Å². The van der Waals surface area contributed by atoms with E-state index in [9.17, 15) is 4.79 Å². The van der Waals surface area contributed by atoms with E-state index in [4.69, 9.17) is 4.74 Å². The van der Waals surface area contributed by atoms with Crippen LogP contribution in [0, 0.1) is 13.8 Å². The molecule has 122 valence electrons. The van der Waals surface area contributed by atoms with Gasteiger partial charge in [0.25, 0.3) is 5.91 Å². The Balaban J connectivity index is 1.80. The quantitative estimate of drug-likeness (QED) is 0.801. The molecule has 0 spiro atoms. The number of anilines is 1. The smallest absolute Gasteiger partial charge is 0.257 e. The number of aromatic nitrogens is 3. The summed E-state index contributed by atoms with van der Waals surface area (Å²) in [4.78, 5) is 16.7. The van der Waals surface area contributed by atoms with Gasteiger partial charge in [0.05, 0.1) is 24.1 Å². The van der Waals surface area contributed by atoms with Crippen LogP contribution in [0.15, 0.2) is 48.7 Å². The first-order valence-corrected chi connectivity index (χ1v) is 7.52. The van der Waals surface area contributed by atoms with Crippen molar-refractivity contribution in [3.05, 3.63) is 65.6 Å². The third kappa shape index (κ3) is 3.12. The number of ether oxygens (including phenoxy) is 1. The molecule has 2 aromatic heterocycles. The number of pyridine rings is 1. The van der Waals surface area contributed by atoms with Crippen LogP contribution in [0.25, 0.3) is 5.82 Å². The molecule has 0 saturated heterocycles. The van der Waals surface area contributed by atoms with Crippen LogP contribution in [0.5, 0.6) is 5.75 Å². The molecule has 6 heteroatoms. The van der Waals surface area contributed by atoms with Crippen LogP contribution in [0.1, 0.15) is 21.7 Å². The Morgan fingerprint density at radius 1 is 1.17 bits per heavy atom. The zero-order valence-corrected chi connectivity index (χ0v) is 13.8. The monoisotopic (exact) mass is 322 g/mol. The van der Waals surface area contributed by atoms with Crippen molar-refractivity contribution in [1.29, 1.82) is 0 Å². The first kappa shape index (κ1) is 15.7. The van der Waals surface area contributed by atoms with Crippen LogP contribution in [-0.4, -0.2) is 27.8 Å². The van der Waals surface area contributed by atoms with E-state index >= 15 is 0 Å². The molecule has 0 bridgehead atoms. The van der Waals surface area contributed by atoms with Gasteiger partial charge in [-0.1, -0.05) is 12.1 Å². The van der Waals surface area contributed by atoms with E-state index in [1.807, 2.05) is 32.0 Å². The summed E-state index contributed by atoms with van der Waals surface area (Å²) in [6.07, 6.45) is 1.54. The lowest BCUT2D eigenvalue weighted by Gasteiger charge is -2.10. The van der Waals surface area contributed by atoms with Gasteiger partial charge in [0.1, 0.15) is 5.75 Å². The number of carbonyl (C=O) groups excluding carboxylic acids is 1. The molecule has 0 fully saturated rings. The predicted molar refractivity (Wildman–Crippen MR) is 91.8 cm³/mol. The van der Waals surface area contributed by atoms with Crippen LogP contribution >= 0.6 is 0 Å². The van der Waals surface area contributed by atoms with Gasteiger partial charge >= 0.3 is 0 Å². The number of benzene rings is 1. The van der Waals surface area contributed by atoms with Gasteiger partial charge in [-0.2, -0.15) is 5.10 Å². The summed E-state index contributed by atoms with van der Waals surface area (Å²) in [5.41, 5.74) is 3.00. The molecule has 24 heavy (non-hydrogen) atoms. The average Bonchev–Trinajstić information content (AvgIpc) is 2.94. The Morgan fingerprint density at radius 3 is 2.58 bits per heavy atom. The van der Waals surface area contributed by atoms with E-state index < -0.39 is 0 Å². The van der Waals surface area contributed by atoms with Crippen LogP contribution in [0.2, 0.25) is 0 Å². The summed E-state index contributed by atoms with van der Waals surface area (Å²) >= 11 is 0. The lowest BCUT2D eigenvalue weighted by molar-refractivity contribution is 0.102. The highest BCUT2D eigenvalue weighted by atomic mass is 16.5. The fourth-order valence-corrected chi connectivity index (χ4v) is 2.45. The summed E-state index contributed by atoms with van der Waals surface area (Å²) < 4.78 is 6.98. The number of nitrogens with zero attached hydrogens (tertiary/aromatic N) is 3. The molecule has 1 aromatic carbocycles. The molecule has 1 N–H and O–H groups in total. The van der Waals surface area contributed by atoms with Gasteiger partial charge < -0.3 is 10.1 Å². The van der Waals surface area contributed by atoms with Crippen molar-refractivity contribution in [3.8, 4) is 11.6 Å². The molecule has 6 nitrogen and oxygen atoms in total. The SMILES string of the molecule is COc1ccccc1NC(=O)c1ccc(-n2nc(C)cc2C)nc1. The van der Waals surface area contributed by atoms with Gasteiger partial charge in [-0.15, -0.1) is 0 Å². The van der Waals surface area contributed by atoms with Crippen LogP contribution in [0.3, 0.4) is 0 Å². The van der Waals surface area contributed by atoms with Crippen LogP contribution in [0.4, 0.5) is 5.69 Å². The topological polar surface area (TPSA) is 69.0 Å². The van der Waals surface area contributed by atoms with Gasteiger partial charge in [0.15, 0.2) is 5.82 Å². The van der Waals surface area contributed by atoms with Gasteiger partial charge in [-0.05, 0) is 44.2 Å². The van der Waals surface area contributed by atoms with Gasteiger partial charge in [-0.25, -0.2) is 9.67 Å². The third-order valence-electron chi connectivity index (χ3n) is 3.59. The molecule has 3 rings (SSSR count). The number of hydrogen-bond donors (Lipinski definition) is 1. The predicted octanol–water partition coefficient (Wildman–Crippen LogP) is 3.15. The minimum absolute atomic E-state index is 0.244. The van der Waals surface area contributed by atoms with E-state index in [0.29, 0.717) is 22.8 Å². The Hall–Kier alpha value is -3.15. The second kappa shape index (κ2) is 6.54. The third-order valence-corrected chi connectivity index (χ3v) is 3.59. The second-order valence-corrected chi connectivity index (χ2v) is 5.40. The lowest BCUT2D eigenvalue weighted by Crippen LogP contribution is -2.13. The minimum Gasteiger partial charge on any atom is -0.495 e. The molecule has 0 radical (unpaired) electrons. The van der Waals surface area contributed by atoms with Crippen molar-refractivity contribution in [2.75, 3.05) is 12.4 Å². The second-order valence-electron chi connectivity index (χ2n) is 5.40. The van der Waals surface area contributed by atoms with Crippen molar-refractivity contribution in [2.24, 2.45) is 0 Å². The molecule has 0 aliphatic heterocycles. The summed E-state index contributed by atoms with van der Waals surface area (Å²) in [6.45, 7) is 3.89. The van der Waals surface area contributed by atoms with Crippen molar-refractivity contribution in [1.82, 2.24) is 14.8 Å². The number of aryl methyl sites for hydroxylation is 2. The summed E-state index contributed by atoms with van der Waals surface area (Å²) in [6, 6.07) is 12.7. The van der Waals surface area contributed by atoms with E-state index in [1.54, 1.807) is 36.1 Å².